The van der Waals surface area contributed by atoms with Crippen molar-refractivity contribution in [3.05, 3.63) is 71.4 Å². The van der Waals surface area contributed by atoms with Crippen molar-refractivity contribution in [2.75, 3.05) is 6.61 Å². The van der Waals surface area contributed by atoms with Gasteiger partial charge in [0.15, 0.2) is 0 Å². The number of rotatable bonds is 5. The van der Waals surface area contributed by atoms with Gasteiger partial charge in [0.2, 0.25) is 0 Å². The molecule has 3 N–H and O–H groups in total. The van der Waals surface area contributed by atoms with Crippen molar-refractivity contribution in [1.29, 1.82) is 0 Å². The number of amidine groups is 1. The third-order valence-electron chi connectivity index (χ3n) is 3.83. The maximum atomic E-state index is 11.9. The quantitative estimate of drug-likeness (QED) is 0.409. The van der Waals surface area contributed by atoms with Gasteiger partial charge in [-0.1, -0.05) is 30.3 Å². The number of nitrogens with one attached hydrogen (secondary N) is 1. The molecule has 1 aromatic heterocycles. The molecule has 3 rings (SSSR count). The van der Waals surface area contributed by atoms with Gasteiger partial charge in [-0.2, -0.15) is 4.99 Å². The zero-order chi connectivity index (χ0) is 19.2. The molecule has 0 aliphatic heterocycles. The highest BCUT2D eigenvalue weighted by Gasteiger charge is 2.12. The molecule has 0 aliphatic rings. The maximum absolute atomic E-state index is 11.9. The zero-order valence-electron chi connectivity index (χ0n) is 14.8. The Morgan fingerprint density at radius 2 is 1.85 bits per heavy atom. The molecule has 0 saturated carbocycles. The predicted octanol–water partition coefficient (Wildman–Crippen LogP) is 3.39. The fourth-order valence-corrected chi connectivity index (χ4v) is 2.53. The first-order valence-electron chi connectivity index (χ1n) is 8.42. The third kappa shape index (κ3) is 4.52. The Labute approximate surface area is 155 Å². The molecule has 2 aromatic carbocycles. The van der Waals surface area contributed by atoms with Crippen molar-refractivity contribution in [2.24, 2.45) is 10.7 Å². The normalized spacial score (nSPS) is 11.4. The summed E-state index contributed by atoms with van der Waals surface area (Å²) in [6.45, 7) is 2.16. The third-order valence-corrected chi connectivity index (χ3v) is 3.83. The van der Waals surface area contributed by atoms with Gasteiger partial charge >= 0.3 is 12.1 Å². The van der Waals surface area contributed by atoms with Gasteiger partial charge in [0.1, 0.15) is 18.1 Å². The van der Waals surface area contributed by atoms with Crippen LogP contribution < -0.4 is 5.73 Å². The van der Waals surface area contributed by atoms with E-state index >= 15 is 0 Å². The number of nitrogens with two attached hydrogens (primary N) is 1. The number of carbonyl (C=O) groups excluding carboxylic acids is 2. The molecule has 0 atom stereocenters. The van der Waals surface area contributed by atoms with Crippen molar-refractivity contribution in [1.82, 2.24) is 4.98 Å². The second kappa shape index (κ2) is 8.18. The van der Waals surface area contributed by atoms with E-state index in [1.165, 1.54) is 0 Å². The number of esters is 1. The predicted molar refractivity (Wildman–Crippen MR) is 102 cm³/mol. The van der Waals surface area contributed by atoms with Gasteiger partial charge in [0.05, 0.1) is 6.61 Å². The summed E-state index contributed by atoms with van der Waals surface area (Å²) >= 11 is 0. The van der Waals surface area contributed by atoms with Crippen LogP contribution in [0, 0.1) is 0 Å². The summed E-state index contributed by atoms with van der Waals surface area (Å²) in [7, 11) is 0. The van der Waals surface area contributed by atoms with E-state index in [4.69, 9.17) is 15.2 Å². The van der Waals surface area contributed by atoms with Crippen molar-refractivity contribution in [3.8, 4) is 0 Å². The Balaban J connectivity index is 1.72. The van der Waals surface area contributed by atoms with E-state index in [1.54, 1.807) is 31.2 Å². The van der Waals surface area contributed by atoms with E-state index in [2.05, 4.69) is 9.98 Å². The Morgan fingerprint density at radius 1 is 1.07 bits per heavy atom. The first kappa shape index (κ1) is 18.2. The summed E-state index contributed by atoms with van der Waals surface area (Å²) in [5.41, 5.74) is 8.43. The first-order chi connectivity index (χ1) is 13.1. The molecule has 0 aliphatic carbocycles. The van der Waals surface area contributed by atoms with E-state index in [9.17, 15) is 9.59 Å². The zero-order valence-corrected chi connectivity index (χ0v) is 14.8. The van der Waals surface area contributed by atoms with E-state index in [0.29, 0.717) is 17.9 Å². The second-order valence-corrected chi connectivity index (χ2v) is 5.74. The smallest absolute Gasteiger partial charge is 0.435 e. The van der Waals surface area contributed by atoms with Gasteiger partial charge in [-0.25, -0.2) is 9.59 Å². The largest absolute Gasteiger partial charge is 0.461 e. The Hall–Kier alpha value is -3.61. The molecule has 0 saturated heterocycles. The van der Waals surface area contributed by atoms with Crippen molar-refractivity contribution >= 4 is 28.8 Å². The summed E-state index contributed by atoms with van der Waals surface area (Å²) in [4.78, 5) is 30.4. The standard InChI is InChI=1S/C20H19N3O4/c1-2-26-19(24)17-11-15-10-14(8-9-16(15)22-17)18(21)23-20(25)27-12-13-6-4-3-5-7-13/h3-11,22H,2,12H2,1H3,(H2,21,23,25). The topological polar surface area (TPSA) is 107 Å². The molecule has 1 heterocycles. The number of aromatic nitrogens is 1. The number of hydrogen-bond acceptors (Lipinski definition) is 4. The monoisotopic (exact) mass is 365 g/mol. The SMILES string of the molecule is CCOC(=O)c1cc2cc(/C(N)=N\C(=O)OCc3ccccc3)ccc2[nH]1. The molecule has 0 unspecified atom stereocenters. The summed E-state index contributed by atoms with van der Waals surface area (Å²) in [6.07, 6.45) is -0.766. The highest BCUT2D eigenvalue weighted by atomic mass is 16.5. The van der Waals surface area contributed by atoms with E-state index in [1.807, 2.05) is 30.3 Å². The maximum Gasteiger partial charge on any atom is 0.435 e. The molecule has 27 heavy (non-hydrogen) atoms. The Kier molecular flexibility index (Phi) is 5.51. The van der Waals surface area contributed by atoms with Crippen LogP contribution in [-0.2, 0) is 16.1 Å². The number of benzene rings is 2. The molecule has 1 amide bonds. The minimum atomic E-state index is -0.766. The van der Waals surface area contributed by atoms with Crippen LogP contribution in [0.2, 0.25) is 0 Å². The molecule has 0 bridgehead atoms. The van der Waals surface area contributed by atoms with Crippen LogP contribution in [0.4, 0.5) is 4.79 Å². The highest BCUT2D eigenvalue weighted by molar-refractivity contribution is 6.05. The Bertz CT molecular complexity index is 993. The van der Waals surface area contributed by atoms with Gasteiger partial charge in [0.25, 0.3) is 0 Å². The average molecular weight is 365 g/mol. The summed E-state index contributed by atoms with van der Waals surface area (Å²) in [5, 5.41) is 0.756. The molecule has 0 radical (unpaired) electrons. The van der Waals surface area contributed by atoms with Gasteiger partial charge in [0, 0.05) is 16.5 Å². The molecule has 138 valence electrons. The highest BCUT2D eigenvalue weighted by Crippen LogP contribution is 2.18. The van der Waals surface area contributed by atoms with Crippen molar-refractivity contribution in [3.63, 3.8) is 0 Å². The molecule has 7 nitrogen and oxygen atoms in total. The van der Waals surface area contributed by atoms with E-state index in [-0.39, 0.29) is 12.4 Å². The van der Waals surface area contributed by atoms with Crippen molar-refractivity contribution in [2.45, 2.75) is 13.5 Å². The van der Waals surface area contributed by atoms with Crippen LogP contribution in [0.1, 0.15) is 28.5 Å². The number of aliphatic imine (C=N–C) groups is 1. The number of aromatic amines is 1. The molecule has 0 spiro atoms. The number of ether oxygens (including phenoxy) is 2. The minimum Gasteiger partial charge on any atom is -0.461 e. The lowest BCUT2D eigenvalue weighted by Crippen LogP contribution is -2.16. The molecular formula is C20H19N3O4. The van der Waals surface area contributed by atoms with Crippen LogP contribution >= 0.6 is 0 Å². The van der Waals surface area contributed by atoms with E-state index < -0.39 is 12.1 Å². The van der Waals surface area contributed by atoms with Crippen LogP contribution in [0.15, 0.2) is 59.6 Å². The lowest BCUT2D eigenvalue weighted by atomic mass is 10.1. The van der Waals surface area contributed by atoms with Gasteiger partial charge < -0.3 is 20.2 Å². The number of H-pyrrole nitrogens is 1. The second-order valence-electron chi connectivity index (χ2n) is 5.74. The number of carbonyl (C=O) groups is 2. The summed E-state index contributed by atoms with van der Waals surface area (Å²) in [5.74, 6) is -0.393. The van der Waals surface area contributed by atoms with Gasteiger partial charge in [-0.05, 0) is 36.8 Å². The lowest BCUT2D eigenvalue weighted by molar-refractivity contribution is 0.0520. The van der Waals surface area contributed by atoms with Crippen LogP contribution in [0.3, 0.4) is 0 Å². The van der Waals surface area contributed by atoms with Gasteiger partial charge in [-0.15, -0.1) is 0 Å². The lowest BCUT2D eigenvalue weighted by Gasteiger charge is -2.03. The molecule has 0 fully saturated rings. The summed E-state index contributed by atoms with van der Waals surface area (Å²) in [6, 6.07) is 16.2. The minimum absolute atomic E-state index is 0.0360. The Morgan fingerprint density at radius 3 is 2.59 bits per heavy atom. The van der Waals surface area contributed by atoms with Crippen LogP contribution in [0.25, 0.3) is 10.9 Å². The van der Waals surface area contributed by atoms with E-state index in [0.717, 1.165) is 16.5 Å². The number of hydrogen-bond donors (Lipinski definition) is 2. The number of amides is 1. The average Bonchev–Trinajstić information content (AvgIpc) is 3.11. The fraction of sp³-hybridized carbons (Fsp3) is 0.150. The number of nitrogens with zero attached hydrogens (tertiary/aromatic N) is 1. The summed E-state index contributed by atoms with van der Waals surface area (Å²) < 4.78 is 10.1. The molecule has 7 heteroatoms. The first-order valence-corrected chi connectivity index (χ1v) is 8.42. The van der Waals surface area contributed by atoms with Crippen LogP contribution in [0.5, 0.6) is 0 Å². The molecular weight excluding hydrogens is 346 g/mol. The van der Waals surface area contributed by atoms with Gasteiger partial charge in [-0.3, -0.25) is 0 Å². The molecule has 3 aromatic rings. The number of fused-ring (bicyclic) bond motifs is 1. The van der Waals surface area contributed by atoms with Crippen LogP contribution in [-0.4, -0.2) is 29.5 Å². The van der Waals surface area contributed by atoms with Crippen molar-refractivity contribution < 1.29 is 19.1 Å². The fourth-order valence-electron chi connectivity index (χ4n) is 2.53.